The van der Waals surface area contributed by atoms with E-state index in [-0.39, 0.29) is 21.6 Å². The van der Waals surface area contributed by atoms with Crippen LogP contribution in [0.2, 0.25) is 0 Å². The number of hydrogen-bond acceptors (Lipinski definition) is 5. The van der Waals surface area contributed by atoms with Gasteiger partial charge in [0.25, 0.3) is 0 Å². The van der Waals surface area contributed by atoms with Gasteiger partial charge in [-0.25, -0.2) is 9.97 Å². The molecule has 1 N–H and O–H groups in total. The van der Waals surface area contributed by atoms with Crippen LogP contribution < -0.4 is 5.32 Å². The Hall–Kier alpha value is -1.98. The lowest BCUT2D eigenvalue weighted by Crippen LogP contribution is -2.28. The van der Waals surface area contributed by atoms with Crippen molar-refractivity contribution < 1.29 is 13.2 Å². The molecule has 1 saturated carbocycles. The molecule has 27 heavy (non-hydrogen) atoms. The molecule has 10 heteroatoms. The molecule has 0 spiro atoms. The quantitative estimate of drug-likeness (QED) is 0.441. The fourth-order valence-corrected chi connectivity index (χ4v) is 4.17. The van der Waals surface area contributed by atoms with Crippen LogP contribution >= 0.6 is 22.6 Å². The topological polar surface area (TPSA) is 68.0 Å². The third kappa shape index (κ3) is 3.85. The number of nitrogens with one attached hydrogen (secondary N) is 1. The van der Waals surface area contributed by atoms with Crippen molar-refractivity contribution in [1.82, 2.24) is 24.6 Å². The van der Waals surface area contributed by atoms with Crippen molar-refractivity contribution in [2.75, 3.05) is 5.32 Å². The summed E-state index contributed by atoms with van der Waals surface area (Å²) in [5, 5.41) is 11.7. The maximum absolute atomic E-state index is 12.9. The van der Waals surface area contributed by atoms with Crippen molar-refractivity contribution in [3.8, 4) is 0 Å². The molecule has 3 aromatic rings. The van der Waals surface area contributed by atoms with Crippen molar-refractivity contribution in [3.05, 3.63) is 45.7 Å². The minimum Gasteiger partial charge on any atom is -0.351 e. The number of rotatable bonds is 3. The minimum absolute atomic E-state index is 0.0762. The van der Waals surface area contributed by atoms with E-state index in [4.69, 9.17) is 0 Å². The molecule has 142 valence electrons. The molecule has 0 aromatic carbocycles. The molecule has 3 aromatic heterocycles. The molecular weight excluding hydrogens is 472 g/mol. The van der Waals surface area contributed by atoms with Crippen LogP contribution in [0.25, 0.3) is 5.65 Å². The smallest absolute Gasteiger partial charge is 0.351 e. The van der Waals surface area contributed by atoms with Crippen molar-refractivity contribution in [3.63, 3.8) is 0 Å². The highest BCUT2D eigenvalue weighted by atomic mass is 127. The average Bonchev–Trinajstić information content (AvgIpc) is 3.05. The summed E-state index contributed by atoms with van der Waals surface area (Å²) in [6.45, 7) is 0. The van der Waals surface area contributed by atoms with Crippen molar-refractivity contribution in [1.29, 1.82) is 0 Å². The monoisotopic (exact) mass is 488 g/mol. The van der Waals surface area contributed by atoms with E-state index in [1.807, 2.05) is 28.8 Å². The lowest BCUT2D eigenvalue weighted by atomic mass is 9.85. The van der Waals surface area contributed by atoms with E-state index in [1.54, 1.807) is 22.6 Å². The number of pyridine rings is 1. The maximum atomic E-state index is 12.9. The van der Waals surface area contributed by atoms with Crippen LogP contribution in [0.4, 0.5) is 19.1 Å². The van der Waals surface area contributed by atoms with Crippen molar-refractivity contribution in [2.24, 2.45) is 0 Å². The van der Waals surface area contributed by atoms with E-state index in [1.165, 1.54) is 0 Å². The lowest BCUT2D eigenvalue weighted by molar-refractivity contribution is -0.138. The molecule has 0 unspecified atom stereocenters. The van der Waals surface area contributed by atoms with Crippen LogP contribution in [-0.2, 0) is 6.18 Å². The largest absolute Gasteiger partial charge is 0.420 e. The van der Waals surface area contributed by atoms with Crippen LogP contribution in [0.15, 0.2) is 30.6 Å². The number of alkyl halides is 3. The van der Waals surface area contributed by atoms with Crippen LogP contribution in [0.1, 0.15) is 43.0 Å². The second-order valence-electron chi connectivity index (χ2n) is 6.59. The van der Waals surface area contributed by atoms with Gasteiger partial charge in [0, 0.05) is 24.4 Å². The van der Waals surface area contributed by atoms with Gasteiger partial charge in [0.05, 0.1) is 0 Å². The fraction of sp³-hybridized carbons (Fsp3) is 0.412. The molecule has 0 aliphatic heterocycles. The fourth-order valence-electron chi connectivity index (χ4n) is 3.50. The Bertz CT molecular complexity index is 957. The first-order valence-corrected chi connectivity index (χ1v) is 9.65. The molecule has 1 fully saturated rings. The minimum atomic E-state index is -4.44. The number of halogens is 4. The van der Waals surface area contributed by atoms with Gasteiger partial charge < -0.3 is 5.32 Å². The van der Waals surface area contributed by atoms with Crippen LogP contribution in [0.3, 0.4) is 0 Å². The van der Waals surface area contributed by atoms with Gasteiger partial charge in [0.15, 0.2) is 5.65 Å². The summed E-state index contributed by atoms with van der Waals surface area (Å²) in [4.78, 5) is 7.84. The third-order valence-corrected chi connectivity index (χ3v) is 5.58. The Morgan fingerprint density at radius 2 is 2.04 bits per heavy atom. The molecule has 0 saturated heterocycles. The van der Waals surface area contributed by atoms with Crippen LogP contribution in [0.5, 0.6) is 0 Å². The Labute approximate surface area is 166 Å². The maximum Gasteiger partial charge on any atom is 0.420 e. The second-order valence-corrected chi connectivity index (χ2v) is 7.61. The zero-order valence-electron chi connectivity index (χ0n) is 14.1. The standard InChI is InChI=1S/C17H16F3IN6/c18-17(19,20)12-9-22-16(24-14(12)21)23-11-5-3-4-10(8-11)15-26-25-13-6-1-2-7-27(13)15/h1-2,6-7,9-11H,3-5,8H2,(H,22,23,24)/t10-,11+/m0/s1. The van der Waals surface area contributed by atoms with Gasteiger partial charge in [0.2, 0.25) is 5.95 Å². The average molecular weight is 488 g/mol. The van der Waals surface area contributed by atoms with E-state index < -0.39 is 11.7 Å². The molecular formula is C17H16F3IN6. The zero-order chi connectivity index (χ0) is 19.0. The normalized spacial score (nSPS) is 20.7. The zero-order valence-corrected chi connectivity index (χ0v) is 16.3. The molecule has 6 nitrogen and oxygen atoms in total. The highest BCUT2D eigenvalue weighted by Gasteiger charge is 2.34. The lowest BCUT2D eigenvalue weighted by Gasteiger charge is -2.29. The van der Waals surface area contributed by atoms with E-state index in [9.17, 15) is 13.2 Å². The van der Waals surface area contributed by atoms with E-state index in [0.717, 1.165) is 43.4 Å². The van der Waals surface area contributed by atoms with Crippen LogP contribution in [-0.4, -0.2) is 30.6 Å². The summed E-state index contributed by atoms with van der Waals surface area (Å²) in [6.07, 6.45) is 2.04. The predicted molar refractivity (Wildman–Crippen MR) is 101 cm³/mol. The molecule has 0 radical (unpaired) electrons. The third-order valence-electron chi connectivity index (χ3n) is 4.76. The van der Waals surface area contributed by atoms with Crippen molar-refractivity contribution in [2.45, 2.75) is 43.8 Å². The second kappa shape index (κ2) is 7.21. The van der Waals surface area contributed by atoms with Gasteiger partial charge in [-0.05, 0) is 54.0 Å². The Kier molecular flexibility index (Phi) is 4.91. The number of anilines is 1. The van der Waals surface area contributed by atoms with E-state index >= 15 is 0 Å². The molecule has 2 atom stereocenters. The summed E-state index contributed by atoms with van der Waals surface area (Å²) >= 11 is 1.59. The van der Waals surface area contributed by atoms with Crippen LogP contribution in [0, 0.1) is 3.70 Å². The summed E-state index contributed by atoms with van der Waals surface area (Å²) in [7, 11) is 0. The van der Waals surface area contributed by atoms with E-state index in [2.05, 4.69) is 25.5 Å². The Morgan fingerprint density at radius 1 is 1.19 bits per heavy atom. The van der Waals surface area contributed by atoms with Gasteiger partial charge in [-0.1, -0.05) is 12.5 Å². The van der Waals surface area contributed by atoms with Gasteiger partial charge in [-0.2, -0.15) is 13.2 Å². The summed E-state index contributed by atoms with van der Waals surface area (Å²) in [5.41, 5.74) is -0.00619. The molecule has 1 aliphatic carbocycles. The summed E-state index contributed by atoms with van der Waals surface area (Å²) in [5.74, 6) is 1.37. The number of hydrogen-bond donors (Lipinski definition) is 1. The van der Waals surface area contributed by atoms with Gasteiger partial charge in [-0.3, -0.25) is 4.40 Å². The first kappa shape index (κ1) is 18.4. The molecule has 0 bridgehead atoms. The SMILES string of the molecule is FC(F)(F)c1cnc(N[C@@H]2CCC[C@H](c3nnc4ccccn34)C2)nc1I. The van der Waals surface area contributed by atoms with Crippen molar-refractivity contribution >= 4 is 34.2 Å². The number of nitrogens with zero attached hydrogens (tertiary/aromatic N) is 5. The highest BCUT2D eigenvalue weighted by Crippen LogP contribution is 2.34. The first-order chi connectivity index (χ1) is 12.9. The first-order valence-electron chi connectivity index (χ1n) is 8.58. The van der Waals surface area contributed by atoms with E-state index in [0.29, 0.717) is 0 Å². The number of aromatic nitrogens is 5. The van der Waals surface area contributed by atoms with Gasteiger partial charge >= 0.3 is 6.18 Å². The Morgan fingerprint density at radius 3 is 2.81 bits per heavy atom. The molecule has 1 aliphatic rings. The molecule has 3 heterocycles. The van der Waals surface area contributed by atoms with Gasteiger partial charge in [0.1, 0.15) is 15.1 Å². The Balaban J connectivity index is 1.50. The van der Waals surface area contributed by atoms with Gasteiger partial charge in [-0.15, -0.1) is 10.2 Å². The highest BCUT2D eigenvalue weighted by molar-refractivity contribution is 14.1. The molecule has 4 rings (SSSR count). The summed E-state index contributed by atoms with van der Waals surface area (Å²) < 4.78 is 40.5. The molecule has 0 amide bonds. The summed E-state index contributed by atoms with van der Waals surface area (Å²) in [6, 6.07) is 5.85. The predicted octanol–water partition coefficient (Wildman–Crippen LogP) is 4.28. The number of fused-ring (bicyclic) bond motifs is 1.